The first-order valence-corrected chi connectivity index (χ1v) is 3.10. The van der Waals surface area contributed by atoms with E-state index in [1.807, 2.05) is 0 Å². The van der Waals surface area contributed by atoms with Crippen LogP contribution in [0.3, 0.4) is 0 Å². The maximum absolute atomic E-state index is 8.27. The molecule has 1 aliphatic rings. The monoisotopic (exact) mass is 123 g/mol. The number of hydrogen-bond donors (Lipinski definition) is 0. The predicted octanol–water partition coefficient (Wildman–Crippen LogP) is 1.59. The summed E-state index contributed by atoms with van der Waals surface area (Å²) in [6.07, 6.45) is 4.34. The first-order valence-electron chi connectivity index (χ1n) is 3.10. The van der Waals surface area contributed by atoms with Crippen molar-refractivity contribution in [1.29, 1.82) is 5.26 Å². The molecule has 0 aromatic carbocycles. The molecule has 48 valence electrons. The number of ether oxygens (including phenoxy) is 1. The zero-order chi connectivity index (χ0) is 6.53. The van der Waals surface area contributed by atoms with E-state index >= 15 is 0 Å². The van der Waals surface area contributed by atoms with Crippen molar-refractivity contribution in [1.82, 2.24) is 0 Å². The molecule has 0 saturated heterocycles. The first kappa shape index (κ1) is 6.15. The summed E-state index contributed by atoms with van der Waals surface area (Å²) in [6, 6.07) is 2.09. The summed E-state index contributed by atoms with van der Waals surface area (Å²) in [5.74, 6) is 0. The quantitative estimate of drug-likeness (QED) is 0.530. The van der Waals surface area contributed by atoms with Crippen LogP contribution in [0.15, 0.2) is 11.8 Å². The third kappa shape index (κ3) is 1.77. The number of hydrogen-bond acceptors (Lipinski definition) is 2. The Kier molecular flexibility index (Phi) is 2.14. The molecular formula is C7H9NO. The lowest BCUT2D eigenvalue weighted by Crippen LogP contribution is -1.97. The van der Waals surface area contributed by atoms with Gasteiger partial charge in [-0.15, -0.1) is 0 Å². The van der Waals surface area contributed by atoms with Crippen molar-refractivity contribution in [2.45, 2.75) is 19.3 Å². The molecule has 2 nitrogen and oxygen atoms in total. The molecule has 0 saturated carbocycles. The van der Waals surface area contributed by atoms with Crippen molar-refractivity contribution < 1.29 is 4.74 Å². The third-order valence-electron chi connectivity index (χ3n) is 1.32. The highest BCUT2D eigenvalue weighted by Gasteiger charge is 2.01. The second-order valence-corrected chi connectivity index (χ2v) is 2.09. The van der Waals surface area contributed by atoms with Gasteiger partial charge in [-0.05, 0) is 18.4 Å². The van der Waals surface area contributed by atoms with Gasteiger partial charge in [0.05, 0.1) is 25.4 Å². The summed E-state index contributed by atoms with van der Waals surface area (Å²) >= 11 is 0. The van der Waals surface area contributed by atoms with Crippen molar-refractivity contribution >= 4 is 0 Å². The molecule has 1 heterocycles. The van der Waals surface area contributed by atoms with Gasteiger partial charge in [0.25, 0.3) is 0 Å². The van der Waals surface area contributed by atoms with Crippen LogP contribution in [0.2, 0.25) is 0 Å². The van der Waals surface area contributed by atoms with Gasteiger partial charge in [0.2, 0.25) is 0 Å². The molecule has 0 spiro atoms. The zero-order valence-electron chi connectivity index (χ0n) is 5.26. The highest BCUT2D eigenvalue weighted by atomic mass is 16.5. The molecule has 1 rings (SSSR count). The largest absolute Gasteiger partial charge is 0.501 e. The van der Waals surface area contributed by atoms with E-state index in [1.54, 1.807) is 6.26 Å². The third-order valence-corrected chi connectivity index (χ3v) is 1.32. The SMILES string of the molecule is N#CCC1=COCCC1. The molecule has 0 aromatic rings. The lowest BCUT2D eigenvalue weighted by atomic mass is 10.1. The van der Waals surface area contributed by atoms with E-state index in [1.165, 1.54) is 0 Å². The smallest absolute Gasteiger partial charge is 0.0876 e. The highest BCUT2D eigenvalue weighted by Crippen LogP contribution is 2.13. The Balaban J connectivity index is 2.39. The van der Waals surface area contributed by atoms with E-state index in [9.17, 15) is 0 Å². The number of allylic oxidation sites excluding steroid dienone is 1. The summed E-state index contributed by atoms with van der Waals surface area (Å²) in [4.78, 5) is 0. The number of nitriles is 1. The molecule has 0 amide bonds. The average Bonchev–Trinajstić information content (AvgIpc) is 1.91. The Hall–Kier alpha value is -0.970. The Morgan fingerprint density at radius 3 is 3.22 bits per heavy atom. The van der Waals surface area contributed by atoms with Crippen molar-refractivity contribution in [3.8, 4) is 6.07 Å². The van der Waals surface area contributed by atoms with Gasteiger partial charge in [-0.2, -0.15) is 5.26 Å². The van der Waals surface area contributed by atoms with E-state index in [4.69, 9.17) is 10.00 Å². The van der Waals surface area contributed by atoms with Crippen LogP contribution in [-0.2, 0) is 4.74 Å². The van der Waals surface area contributed by atoms with Gasteiger partial charge in [-0.1, -0.05) is 0 Å². The van der Waals surface area contributed by atoms with E-state index < -0.39 is 0 Å². The van der Waals surface area contributed by atoms with Crippen molar-refractivity contribution in [2.24, 2.45) is 0 Å². The molecule has 0 bridgehead atoms. The maximum Gasteiger partial charge on any atom is 0.0876 e. The minimum absolute atomic E-state index is 0.528. The van der Waals surface area contributed by atoms with Gasteiger partial charge in [0, 0.05) is 0 Å². The maximum atomic E-state index is 8.27. The van der Waals surface area contributed by atoms with Crippen LogP contribution in [0.25, 0.3) is 0 Å². The standard InChI is InChI=1S/C7H9NO/c8-4-3-7-2-1-5-9-6-7/h6H,1-3,5H2. The van der Waals surface area contributed by atoms with Crippen molar-refractivity contribution in [2.75, 3.05) is 6.61 Å². The molecule has 0 unspecified atom stereocenters. The van der Waals surface area contributed by atoms with Gasteiger partial charge >= 0.3 is 0 Å². The summed E-state index contributed by atoms with van der Waals surface area (Å²) in [7, 11) is 0. The molecule has 0 radical (unpaired) electrons. The van der Waals surface area contributed by atoms with E-state index in [0.29, 0.717) is 6.42 Å². The number of nitrogens with zero attached hydrogens (tertiary/aromatic N) is 1. The van der Waals surface area contributed by atoms with E-state index in [-0.39, 0.29) is 0 Å². The lowest BCUT2D eigenvalue weighted by Gasteiger charge is -2.09. The molecule has 2 heteroatoms. The van der Waals surface area contributed by atoms with Crippen LogP contribution < -0.4 is 0 Å². The molecule has 0 fully saturated rings. The Morgan fingerprint density at radius 2 is 2.67 bits per heavy atom. The minimum atomic E-state index is 0.528. The van der Waals surface area contributed by atoms with Gasteiger partial charge in [-0.3, -0.25) is 0 Å². The fourth-order valence-electron chi connectivity index (χ4n) is 0.850. The van der Waals surface area contributed by atoms with E-state index in [0.717, 1.165) is 25.0 Å². The number of rotatable bonds is 1. The molecular weight excluding hydrogens is 114 g/mol. The van der Waals surface area contributed by atoms with Crippen molar-refractivity contribution in [3.05, 3.63) is 11.8 Å². The second kappa shape index (κ2) is 3.13. The van der Waals surface area contributed by atoms with Gasteiger partial charge in [0.15, 0.2) is 0 Å². The van der Waals surface area contributed by atoms with Crippen LogP contribution in [0.5, 0.6) is 0 Å². The van der Waals surface area contributed by atoms with Crippen LogP contribution >= 0.6 is 0 Å². The topological polar surface area (TPSA) is 33.0 Å². The summed E-state index contributed by atoms with van der Waals surface area (Å²) in [5.41, 5.74) is 1.13. The van der Waals surface area contributed by atoms with Gasteiger partial charge in [-0.25, -0.2) is 0 Å². The predicted molar refractivity (Wildman–Crippen MR) is 33.5 cm³/mol. The second-order valence-electron chi connectivity index (χ2n) is 2.09. The molecule has 9 heavy (non-hydrogen) atoms. The van der Waals surface area contributed by atoms with Gasteiger partial charge < -0.3 is 4.74 Å². The zero-order valence-corrected chi connectivity index (χ0v) is 5.26. The highest BCUT2D eigenvalue weighted by molar-refractivity contribution is 5.06. The normalized spacial score (nSPS) is 17.4. The van der Waals surface area contributed by atoms with Crippen LogP contribution in [0, 0.1) is 11.3 Å². The minimum Gasteiger partial charge on any atom is -0.501 e. The first-order chi connectivity index (χ1) is 4.43. The molecule has 0 aromatic heterocycles. The van der Waals surface area contributed by atoms with E-state index in [2.05, 4.69) is 6.07 Å². The molecule has 0 N–H and O–H groups in total. The fraction of sp³-hybridized carbons (Fsp3) is 0.571. The molecule has 0 aliphatic carbocycles. The summed E-state index contributed by atoms with van der Waals surface area (Å²) in [5, 5.41) is 8.27. The average molecular weight is 123 g/mol. The molecule has 1 aliphatic heterocycles. The van der Waals surface area contributed by atoms with Crippen LogP contribution in [0.1, 0.15) is 19.3 Å². The molecule has 0 atom stereocenters. The Labute approximate surface area is 54.7 Å². The van der Waals surface area contributed by atoms with Crippen LogP contribution in [-0.4, -0.2) is 6.61 Å². The Bertz CT molecular complexity index is 155. The van der Waals surface area contributed by atoms with Crippen molar-refractivity contribution in [3.63, 3.8) is 0 Å². The fourth-order valence-corrected chi connectivity index (χ4v) is 0.850. The summed E-state index contributed by atoms with van der Waals surface area (Å²) in [6.45, 7) is 0.814. The summed E-state index contributed by atoms with van der Waals surface area (Å²) < 4.78 is 5.02. The lowest BCUT2D eigenvalue weighted by molar-refractivity contribution is 0.224. The van der Waals surface area contributed by atoms with Crippen LogP contribution in [0.4, 0.5) is 0 Å². The Morgan fingerprint density at radius 1 is 1.78 bits per heavy atom. The van der Waals surface area contributed by atoms with Gasteiger partial charge in [0.1, 0.15) is 0 Å².